The highest BCUT2D eigenvalue weighted by atomic mass is 35.5. The number of ether oxygens (including phenoxy) is 2. The number of hydrogen-bond acceptors (Lipinski definition) is 7. The first kappa shape index (κ1) is 18.8. The first-order valence-corrected chi connectivity index (χ1v) is 8.61. The lowest BCUT2D eigenvalue weighted by atomic mass is 10.2. The second-order valence-corrected chi connectivity index (χ2v) is 5.98. The quantitative estimate of drug-likeness (QED) is 0.478. The molecule has 1 aliphatic rings. The van der Waals surface area contributed by atoms with Gasteiger partial charge in [-0.1, -0.05) is 29.8 Å². The molecule has 3 rings (SSSR count). The molecule has 0 aromatic heterocycles. The third-order valence-electron chi connectivity index (χ3n) is 3.70. The van der Waals surface area contributed by atoms with Gasteiger partial charge in [-0.3, -0.25) is 5.32 Å². The minimum Gasteiger partial charge on any atom is -0.490 e. The average molecular weight is 382 g/mol. The molecule has 0 atom stereocenters. The van der Waals surface area contributed by atoms with Crippen molar-refractivity contribution in [3.8, 4) is 11.5 Å². The Morgan fingerprint density at radius 1 is 1.15 bits per heavy atom. The largest absolute Gasteiger partial charge is 0.490 e. The fraction of sp³-hybridized carbons (Fsp3) is 0.294. The minimum absolute atomic E-state index is 0.0668. The zero-order valence-electron chi connectivity index (χ0n) is 14.2. The van der Waals surface area contributed by atoms with Crippen molar-refractivity contribution in [3.05, 3.63) is 58.4 Å². The van der Waals surface area contributed by atoms with Crippen LogP contribution < -0.4 is 36.7 Å². The number of hydrogen-bond donors (Lipinski definition) is 5. The van der Waals surface area contributed by atoms with Crippen molar-refractivity contribution in [1.82, 2.24) is 27.2 Å². The van der Waals surface area contributed by atoms with Gasteiger partial charge < -0.3 is 9.47 Å². The van der Waals surface area contributed by atoms with Crippen LogP contribution in [0.5, 0.6) is 11.5 Å². The van der Waals surface area contributed by atoms with Crippen molar-refractivity contribution in [2.75, 3.05) is 6.61 Å². The van der Waals surface area contributed by atoms with Gasteiger partial charge in [-0.15, -0.1) is 0 Å². The Kier molecular flexibility index (Phi) is 6.62. The molecule has 26 heavy (non-hydrogen) atoms. The molecule has 1 saturated heterocycles. The molecule has 9 heteroatoms. The summed E-state index contributed by atoms with van der Waals surface area (Å²) in [5.74, 6) is 0.610. The van der Waals surface area contributed by atoms with E-state index in [0.29, 0.717) is 35.2 Å². The molecule has 0 aliphatic carbocycles. The smallest absolute Gasteiger partial charge is 0.180 e. The standard InChI is InChI=1S/C17H21ClFN5O2/c1-2-25-15-8-11(9-20-17-21-23-24-22-17)7-13(18)16(15)26-10-12-5-3-4-6-14(12)19/h3-8,17,20-24H,2,9-10H2,1H3. The van der Waals surface area contributed by atoms with Crippen LogP contribution in [0.25, 0.3) is 0 Å². The molecule has 1 fully saturated rings. The Morgan fingerprint density at radius 3 is 2.65 bits per heavy atom. The molecule has 7 nitrogen and oxygen atoms in total. The van der Waals surface area contributed by atoms with Crippen molar-refractivity contribution in [2.24, 2.45) is 0 Å². The van der Waals surface area contributed by atoms with E-state index in [2.05, 4.69) is 27.2 Å². The van der Waals surface area contributed by atoms with Crippen molar-refractivity contribution in [3.63, 3.8) is 0 Å². The van der Waals surface area contributed by atoms with Crippen molar-refractivity contribution in [1.29, 1.82) is 0 Å². The highest BCUT2D eigenvalue weighted by Crippen LogP contribution is 2.37. The summed E-state index contributed by atoms with van der Waals surface area (Å²) in [7, 11) is 0. The van der Waals surface area contributed by atoms with E-state index in [4.69, 9.17) is 21.1 Å². The maximum absolute atomic E-state index is 13.8. The van der Waals surface area contributed by atoms with Gasteiger partial charge in [-0.25, -0.2) is 15.2 Å². The molecule has 1 aliphatic heterocycles. The molecule has 0 spiro atoms. The molecule has 0 bridgehead atoms. The second kappa shape index (κ2) is 9.13. The summed E-state index contributed by atoms with van der Waals surface area (Å²) in [6, 6.07) is 10.1. The van der Waals surface area contributed by atoms with Gasteiger partial charge in [0.05, 0.1) is 11.6 Å². The van der Waals surface area contributed by atoms with E-state index in [0.717, 1.165) is 5.56 Å². The fourth-order valence-corrected chi connectivity index (χ4v) is 2.75. The predicted molar refractivity (Wildman–Crippen MR) is 96.5 cm³/mol. The molecular weight excluding hydrogens is 361 g/mol. The average Bonchev–Trinajstić information content (AvgIpc) is 3.14. The number of halogens is 2. The molecular formula is C17H21ClFN5O2. The first-order valence-electron chi connectivity index (χ1n) is 8.23. The molecule has 0 saturated carbocycles. The van der Waals surface area contributed by atoms with Crippen LogP contribution >= 0.6 is 11.6 Å². The van der Waals surface area contributed by atoms with Crippen molar-refractivity contribution < 1.29 is 13.9 Å². The lowest BCUT2D eigenvalue weighted by Gasteiger charge is -2.17. The second-order valence-electron chi connectivity index (χ2n) is 5.57. The van der Waals surface area contributed by atoms with Crippen LogP contribution in [0.3, 0.4) is 0 Å². The van der Waals surface area contributed by atoms with Crippen LogP contribution in [0.1, 0.15) is 18.1 Å². The van der Waals surface area contributed by atoms with Crippen LogP contribution in [0, 0.1) is 5.82 Å². The molecule has 0 unspecified atom stereocenters. The molecule has 5 N–H and O–H groups in total. The molecule has 140 valence electrons. The van der Waals surface area contributed by atoms with E-state index in [9.17, 15) is 4.39 Å². The van der Waals surface area contributed by atoms with Gasteiger partial charge in [0.25, 0.3) is 0 Å². The van der Waals surface area contributed by atoms with E-state index >= 15 is 0 Å². The summed E-state index contributed by atoms with van der Waals surface area (Å²) >= 11 is 6.39. The van der Waals surface area contributed by atoms with Crippen molar-refractivity contribution in [2.45, 2.75) is 26.4 Å². The highest BCUT2D eigenvalue weighted by Gasteiger charge is 2.16. The zero-order chi connectivity index (χ0) is 18.4. The van der Waals surface area contributed by atoms with Gasteiger partial charge in [0.1, 0.15) is 18.7 Å². The first-order chi connectivity index (χ1) is 12.7. The van der Waals surface area contributed by atoms with E-state index < -0.39 is 0 Å². The number of hydrazine groups is 3. The topological polar surface area (TPSA) is 78.6 Å². The Balaban J connectivity index is 1.72. The maximum atomic E-state index is 13.8. The lowest BCUT2D eigenvalue weighted by molar-refractivity contribution is 0.265. The van der Waals surface area contributed by atoms with Gasteiger partial charge in [0, 0.05) is 12.1 Å². The Hall–Kier alpha value is -1.94. The van der Waals surface area contributed by atoms with Gasteiger partial charge in [0.15, 0.2) is 11.5 Å². The summed E-state index contributed by atoms with van der Waals surface area (Å²) in [4.78, 5) is 0. The van der Waals surface area contributed by atoms with Crippen LogP contribution in [0.4, 0.5) is 4.39 Å². The SMILES string of the molecule is CCOc1cc(CNC2NNNN2)cc(Cl)c1OCc1ccccc1F. The van der Waals surface area contributed by atoms with Crippen LogP contribution in [-0.4, -0.2) is 12.9 Å². The van der Waals surface area contributed by atoms with Gasteiger partial charge in [0.2, 0.25) is 0 Å². The minimum atomic E-state index is -0.318. The van der Waals surface area contributed by atoms with E-state index in [1.165, 1.54) is 6.07 Å². The Morgan fingerprint density at radius 2 is 1.92 bits per heavy atom. The summed E-state index contributed by atoms with van der Waals surface area (Å²) in [6.45, 7) is 2.95. The molecule has 0 radical (unpaired) electrons. The normalized spacial score (nSPS) is 14.6. The van der Waals surface area contributed by atoms with Gasteiger partial charge >= 0.3 is 0 Å². The van der Waals surface area contributed by atoms with E-state index in [-0.39, 0.29) is 18.7 Å². The van der Waals surface area contributed by atoms with Crippen molar-refractivity contribution >= 4 is 11.6 Å². The van der Waals surface area contributed by atoms with Crippen LogP contribution in [-0.2, 0) is 13.2 Å². The molecule has 2 aromatic rings. The predicted octanol–water partition coefficient (Wildman–Crippen LogP) is 1.95. The third kappa shape index (κ3) is 4.82. The number of benzene rings is 2. The molecule has 1 heterocycles. The zero-order valence-corrected chi connectivity index (χ0v) is 15.0. The maximum Gasteiger partial charge on any atom is 0.180 e. The summed E-state index contributed by atoms with van der Waals surface area (Å²) < 4.78 is 25.2. The third-order valence-corrected chi connectivity index (χ3v) is 3.99. The van der Waals surface area contributed by atoms with Crippen LogP contribution in [0.2, 0.25) is 5.02 Å². The van der Waals surface area contributed by atoms with Gasteiger partial charge in [-0.2, -0.15) is 11.1 Å². The summed E-state index contributed by atoms with van der Waals surface area (Å²) in [6.07, 6.45) is -0.138. The molecule has 0 amide bonds. The van der Waals surface area contributed by atoms with Crippen LogP contribution in [0.15, 0.2) is 36.4 Å². The summed E-state index contributed by atoms with van der Waals surface area (Å²) in [5.41, 5.74) is 12.7. The molecule has 2 aromatic carbocycles. The highest BCUT2D eigenvalue weighted by molar-refractivity contribution is 6.32. The van der Waals surface area contributed by atoms with E-state index in [1.54, 1.807) is 24.3 Å². The Bertz CT molecular complexity index is 743. The monoisotopic (exact) mass is 381 g/mol. The fourth-order valence-electron chi connectivity index (χ4n) is 2.47. The van der Waals surface area contributed by atoms with Gasteiger partial charge in [-0.05, 0) is 30.7 Å². The lowest BCUT2D eigenvalue weighted by Crippen LogP contribution is -2.46. The van der Waals surface area contributed by atoms with E-state index in [1.807, 2.05) is 13.0 Å². The summed E-state index contributed by atoms with van der Waals surface area (Å²) in [5, 5.41) is 3.64. The number of nitrogens with one attached hydrogen (secondary N) is 5. The number of rotatable bonds is 8. The Labute approximate surface area is 156 Å².